The summed E-state index contributed by atoms with van der Waals surface area (Å²) in [6.45, 7) is 39.2. The van der Waals surface area contributed by atoms with E-state index in [1.165, 1.54) is 0 Å². The van der Waals surface area contributed by atoms with E-state index < -0.39 is 10.8 Å². The fourth-order valence-electron chi connectivity index (χ4n) is 12.0. The zero-order valence-electron chi connectivity index (χ0n) is 37.5. The van der Waals surface area contributed by atoms with Crippen LogP contribution in [0.5, 0.6) is 0 Å². The molecule has 0 aromatic carbocycles. The Kier molecular flexibility index (Phi) is 11.6. The fourth-order valence-corrected chi connectivity index (χ4v) is 12.1. The molecule has 312 valence electrons. The molecule has 5 heterocycles. The van der Waals surface area contributed by atoms with Crippen molar-refractivity contribution in [2.45, 2.75) is 184 Å². The molecule has 0 bridgehead atoms. The van der Waals surface area contributed by atoms with Crippen molar-refractivity contribution >= 4 is 35.3 Å². The van der Waals surface area contributed by atoms with Gasteiger partial charge >= 0.3 is 0 Å². The lowest BCUT2D eigenvalue weighted by molar-refractivity contribution is -0.150. The number of nitrogens with one attached hydrogen (secondary N) is 2. The Morgan fingerprint density at radius 1 is 0.564 bits per heavy atom. The van der Waals surface area contributed by atoms with Crippen molar-refractivity contribution in [1.82, 2.24) is 35.4 Å². The zero-order valence-corrected chi connectivity index (χ0v) is 38.2. The normalized spacial score (nSPS) is 26.9. The Morgan fingerprint density at radius 2 is 0.873 bits per heavy atom. The van der Waals surface area contributed by atoms with Crippen molar-refractivity contribution in [1.29, 1.82) is 0 Å². The van der Waals surface area contributed by atoms with E-state index >= 15 is 0 Å². The maximum Gasteiger partial charge on any atom is 0.231 e. The lowest BCUT2D eigenvalue weighted by Gasteiger charge is -2.51. The smallest absolute Gasteiger partial charge is 0.231 e. The van der Waals surface area contributed by atoms with Gasteiger partial charge in [-0.1, -0.05) is 55.4 Å². The van der Waals surface area contributed by atoms with Crippen LogP contribution in [0.2, 0.25) is 5.28 Å². The average Bonchev–Trinajstić information content (AvgIpc) is 2.93. The van der Waals surface area contributed by atoms with Crippen molar-refractivity contribution in [3.8, 4) is 0 Å². The number of anilines is 2. The Hall–Kier alpha value is -2.24. The monoisotopic (exact) mass is 786 g/mol. The van der Waals surface area contributed by atoms with E-state index in [0.29, 0.717) is 51.2 Å². The zero-order chi connectivity index (χ0) is 41.4. The second-order valence-corrected chi connectivity index (χ2v) is 23.7. The first kappa shape index (κ1) is 43.9. The van der Waals surface area contributed by atoms with Crippen molar-refractivity contribution in [3.05, 3.63) is 5.28 Å². The highest BCUT2D eigenvalue weighted by Crippen LogP contribution is 2.43. The van der Waals surface area contributed by atoms with Gasteiger partial charge in [0, 0.05) is 84.3 Å². The van der Waals surface area contributed by atoms with Crippen LogP contribution in [0.25, 0.3) is 0 Å². The van der Waals surface area contributed by atoms with Crippen molar-refractivity contribution in [3.63, 3.8) is 0 Å². The molecule has 1 aromatic heterocycles. The Morgan fingerprint density at radius 3 is 1.18 bits per heavy atom. The molecule has 4 aliphatic rings. The summed E-state index contributed by atoms with van der Waals surface area (Å²) in [5.41, 5.74) is -1.33. The summed E-state index contributed by atoms with van der Waals surface area (Å²) < 4.78 is 0. The molecule has 0 spiro atoms. The molecule has 0 radical (unpaired) electrons. The Labute approximate surface area is 338 Å². The summed E-state index contributed by atoms with van der Waals surface area (Å²) in [4.78, 5) is 51.5. The molecular formula is C43H76ClN9O2. The van der Waals surface area contributed by atoms with Crippen LogP contribution < -0.4 is 20.4 Å². The van der Waals surface area contributed by atoms with E-state index in [0.717, 1.165) is 38.5 Å². The summed E-state index contributed by atoms with van der Waals surface area (Å²) in [6.07, 6.45) is 5.23. The number of amides is 2. The van der Waals surface area contributed by atoms with E-state index in [9.17, 15) is 9.59 Å². The summed E-state index contributed by atoms with van der Waals surface area (Å²) in [6, 6.07) is 0.193. The van der Waals surface area contributed by atoms with Gasteiger partial charge in [-0.2, -0.15) is 15.0 Å². The molecule has 4 fully saturated rings. The number of carbonyl (C=O) groups is 2. The van der Waals surface area contributed by atoms with E-state index in [2.05, 4.69) is 141 Å². The van der Waals surface area contributed by atoms with E-state index in [1.54, 1.807) is 0 Å². The molecule has 12 heteroatoms. The minimum absolute atomic E-state index is 0.0156. The van der Waals surface area contributed by atoms with Crippen LogP contribution in [0.1, 0.15) is 149 Å². The standard InChI is InChI=1S/C43H76ClN9O2/c1-36(2)25-38(5,6)31(54)50(27-36)17-19-52(29-21-40(9,10)48-41(11,12)22-29)34-45-33(44)46-35(47-34)53(30-23-42(13,14)49-43(15,16)24-30)20-18-51-28-37(3,4)26-39(7,8)32(51)55/h29-30,48-49H,17-28H2,1-16H3. The molecule has 0 aliphatic carbocycles. The Balaban J connectivity index is 1.56. The number of hydrogen-bond donors (Lipinski definition) is 2. The van der Waals surface area contributed by atoms with Crippen LogP contribution in [-0.2, 0) is 9.59 Å². The average molecular weight is 787 g/mol. The molecule has 11 nitrogen and oxygen atoms in total. The van der Waals surface area contributed by atoms with Crippen LogP contribution in [0.4, 0.5) is 11.9 Å². The van der Waals surface area contributed by atoms with E-state index in [1.807, 2.05) is 0 Å². The lowest BCUT2D eigenvalue weighted by atomic mass is 9.70. The predicted molar refractivity (Wildman–Crippen MR) is 226 cm³/mol. The third-order valence-corrected chi connectivity index (χ3v) is 12.5. The Bertz CT molecular complexity index is 1460. The molecule has 1 aromatic rings. The van der Waals surface area contributed by atoms with Gasteiger partial charge in [-0.05, 0) is 116 Å². The summed E-state index contributed by atoms with van der Waals surface area (Å²) in [5, 5.41) is 7.85. The highest BCUT2D eigenvalue weighted by molar-refractivity contribution is 6.28. The van der Waals surface area contributed by atoms with Gasteiger partial charge in [-0.25, -0.2) is 0 Å². The quantitative estimate of drug-likeness (QED) is 0.252. The number of nitrogens with zero attached hydrogens (tertiary/aromatic N) is 7. The van der Waals surface area contributed by atoms with Gasteiger partial charge in [-0.3, -0.25) is 9.59 Å². The summed E-state index contributed by atoms with van der Waals surface area (Å²) in [7, 11) is 0. The highest BCUT2D eigenvalue weighted by atomic mass is 35.5. The number of likely N-dealkylation sites (tertiary alicyclic amines) is 2. The molecular weight excluding hydrogens is 710 g/mol. The van der Waals surface area contributed by atoms with Crippen LogP contribution in [0.15, 0.2) is 0 Å². The van der Waals surface area contributed by atoms with E-state index in [4.69, 9.17) is 26.6 Å². The molecule has 0 unspecified atom stereocenters. The third-order valence-electron chi connectivity index (χ3n) is 12.3. The molecule has 4 saturated heterocycles. The van der Waals surface area contributed by atoms with Crippen molar-refractivity contribution in [2.24, 2.45) is 21.7 Å². The number of piperidine rings is 4. The summed E-state index contributed by atoms with van der Waals surface area (Å²) in [5.74, 6) is 1.50. The van der Waals surface area contributed by atoms with Gasteiger partial charge in [0.05, 0.1) is 0 Å². The third kappa shape index (κ3) is 10.6. The van der Waals surface area contributed by atoms with Gasteiger partial charge in [-0.15, -0.1) is 0 Å². The van der Waals surface area contributed by atoms with Crippen LogP contribution in [0, 0.1) is 21.7 Å². The summed E-state index contributed by atoms with van der Waals surface area (Å²) >= 11 is 6.96. The number of halogens is 1. The lowest BCUT2D eigenvalue weighted by Crippen LogP contribution is -2.63. The first-order chi connectivity index (χ1) is 24.8. The van der Waals surface area contributed by atoms with Gasteiger partial charge < -0.3 is 30.2 Å². The maximum absolute atomic E-state index is 13.8. The number of rotatable bonds is 10. The second kappa shape index (κ2) is 14.5. The van der Waals surface area contributed by atoms with Gasteiger partial charge in [0.25, 0.3) is 0 Å². The van der Waals surface area contributed by atoms with Crippen LogP contribution in [-0.4, -0.2) is 110 Å². The number of hydrogen-bond acceptors (Lipinski definition) is 9. The molecule has 0 saturated carbocycles. The van der Waals surface area contributed by atoms with Crippen molar-refractivity contribution < 1.29 is 9.59 Å². The largest absolute Gasteiger partial charge is 0.340 e. The number of carbonyl (C=O) groups excluding carboxylic acids is 2. The topological polar surface area (TPSA) is 110 Å². The van der Waals surface area contributed by atoms with Gasteiger partial charge in [0.2, 0.25) is 29.0 Å². The minimum Gasteiger partial charge on any atom is -0.340 e. The van der Waals surface area contributed by atoms with Gasteiger partial charge in [0.1, 0.15) is 0 Å². The van der Waals surface area contributed by atoms with Crippen molar-refractivity contribution in [2.75, 3.05) is 49.1 Å². The maximum atomic E-state index is 13.8. The fraction of sp³-hybridized carbons (Fsp3) is 0.884. The predicted octanol–water partition coefficient (Wildman–Crippen LogP) is 7.33. The first-order valence-electron chi connectivity index (χ1n) is 20.9. The molecule has 55 heavy (non-hydrogen) atoms. The molecule has 4 aliphatic heterocycles. The molecule has 2 N–H and O–H groups in total. The SMILES string of the molecule is CC1(C)CN(CCN(c2nc(Cl)nc(N(CCN3CC(C)(C)CC(C)(C)C3=O)C3CC(C)(C)NC(C)(C)C3)n2)C2CC(C)(C)NC(C)(C)C2)C(=O)C(C)(C)C1. The van der Waals surface area contributed by atoms with Crippen LogP contribution >= 0.6 is 11.6 Å². The highest BCUT2D eigenvalue weighted by Gasteiger charge is 2.47. The molecule has 0 atom stereocenters. The first-order valence-corrected chi connectivity index (χ1v) is 21.3. The minimum atomic E-state index is -0.425. The van der Waals surface area contributed by atoms with E-state index in [-0.39, 0.29) is 62.2 Å². The van der Waals surface area contributed by atoms with Gasteiger partial charge in [0.15, 0.2) is 0 Å². The van der Waals surface area contributed by atoms with Crippen LogP contribution in [0.3, 0.4) is 0 Å². The second-order valence-electron chi connectivity index (χ2n) is 23.4. The molecule has 2 amide bonds. The number of aromatic nitrogens is 3. The molecule has 5 rings (SSSR count).